The van der Waals surface area contributed by atoms with Gasteiger partial charge in [-0.2, -0.15) is 5.10 Å². The Morgan fingerprint density at radius 2 is 2.10 bits per heavy atom. The van der Waals surface area contributed by atoms with Crippen molar-refractivity contribution < 1.29 is 4.79 Å². The molecule has 30 heavy (non-hydrogen) atoms. The summed E-state index contributed by atoms with van der Waals surface area (Å²) in [6, 6.07) is 5.84. The number of amides is 1. The number of hydrogen-bond acceptors (Lipinski definition) is 6. The van der Waals surface area contributed by atoms with E-state index in [-0.39, 0.29) is 11.9 Å². The Kier molecular flexibility index (Phi) is 4.90. The van der Waals surface area contributed by atoms with Gasteiger partial charge in [-0.25, -0.2) is 9.97 Å². The monoisotopic (exact) mass is 403 g/mol. The number of nitrogens with zero attached hydrogens (tertiary/aromatic N) is 6. The molecule has 0 spiro atoms. The van der Waals surface area contributed by atoms with Gasteiger partial charge in [0.15, 0.2) is 0 Å². The highest BCUT2D eigenvalue weighted by Crippen LogP contribution is 2.25. The van der Waals surface area contributed by atoms with Crippen molar-refractivity contribution in [2.24, 2.45) is 7.05 Å². The van der Waals surface area contributed by atoms with Gasteiger partial charge in [0.1, 0.15) is 5.69 Å². The van der Waals surface area contributed by atoms with Crippen LogP contribution in [-0.4, -0.2) is 49.8 Å². The van der Waals surface area contributed by atoms with Gasteiger partial charge in [-0.05, 0) is 50.3 Å². The molecule has 8 heteroatoms. The lowest BCUT2D eigenvalue weighted by atomic mass is 9.95. The fourth-order valence-electron chi connectivity index (χ4n) is 4.45. The quantitative estimate of drug-likeness (QED) is 0.718. The van der Waals surface area contributed by atoms with Crippen LogP contribution in [0.3, 0.4) is 0 Å². The largest absolute Gasteiger partial charge is 0.346 e. The fraction of sp³-hybridized carbons (Fsp3) is 0.409. The number of carbonyl (C=O) groups excluding carboxylic acids is 1. The zero-order valence-electron chi connectivity index (χ0n) is 17.1. The van der Waals surface area contributed by atoms with Gasteiger partial charge in [0.05, 0.1) is 11.4 Å². The lowest BCUT2D eigenvalue weighted by Crippen LogP contribution is -2.38. The van der Waals surface area contributed by atoms with Crippen molar-refractivity contribution >= 4 is 11.9 Å². The summed E-state index contributed by atoms with van der Waals surface area (Å²) in [4.78, 5) is 28.5. The summed E-state index contributed by atoms with van der Waals surface area (Å²) in [5.41, 5.74) is 4.75. The molecule has 5 rings (SSSR count). The number of pyridine rings is 1. The van der Waals surface area contributed by atoms with Crippen molar-refractivity contribution in [1.29, 1.82) is 0 Å². The Morgan fingerprint density at radius 3 is 2.97 bits per heavy atom. The Labute approximate surface area is 175 Å². The minimum absolute atomic E-state index is 0.0231. The maximum Gasteiger partial charge on any atom is 0.270 e. The number of carbonyl (C=O) groups is 1. The molecule has 0 bridgehead atoms. The molecule has 1 fully saturated rings. The zero-order chi connectivity index (χ0) is 20.5. The minimum atomic E-state index is -0.0231. The second-order valence-corrected chi connectivity index (χ2v) is 7.99. The van der Waals surface area contributed by atoms with Crippen molar-refractivity contribution in [2.45, 2.75) is 38.1 Å². The molecule has 1 saturated heterocycles. The average Bonchev–Trinajstić information content (AvgIpc) is 3.38. The Balaban J connectivity index is 1.28. The second kappa shape index (κ2) is 7.85. The zero-order valence-corrected chi connectivity index (χ0v) is 17.1. The third-order valence-corrected chi connectivity index (χ3v) is 5.94. The van der Waals surface area contributed by atoms with E-state index >= 15 is 0 Å². The van der Waals surface area contributed by atoms with E-state index in [4.69, 9.17) is 4.98 Å². The van der Waals surface area contributed by atoms with Gasteiger partial charge in [0.25, 0.3) is 5.91 Å². The third kappa shape index (κ3) is 3.53. The van der Waals surface area contributed by atoms with Crippen molar-refractivity contribution in [3.05, 3.63) is 53.7 Å². The van der Waals surface area contributed by atoms with E-state index in [0.717, 1.165) is 66.9 Å². The van der Waals surface area contributed by atoms with Crippen LogP contribution in [0.2, 0.25) is 0 Å². The standard InChI is InChI=1S/C22H25N7O/c1-28-20(17-6-2-3-7-19(17)27-28)21(30)25-16-9-12-29(14-16)22-24-11-8-18(26-22)15-5-4-10-23-13-15/h4-5,8,10-11,13,16H,2-3,6-7,9,12,14H2,1H3,(H,25,30). The molecule has 1 N–H and O–H groups in total. The number of aryl methyl sites for hydroxylation is 2. The molecule has 154 valence electrons. The molecule has 4 heterocycles. The third-order valence-electron chi connectivity index (χ3n) is 5.94. The Bertz CT molecular complexity index is 1060. The number of rotatable bonds is 4. The molecule has 1 aliphatic heterocycles. The Morgan fingerprint density at radius 1 is 1.20 bits per heavy atom. The highest BCUT2D eigenvalue weighted by atomic mass is 16.2. The molecule has 1 amide bonds. The number of fused-ring (bicyclic) bond motifs is 1. The summed E-state index contributed by atoms with van der Waals surface area (Å²) in [7, 11) is 1.87. The van der Waals surface area contributed by atoms with Gasteiger partial charge < -0.3 is 10.2 Å². The molecule has 2 aliphatic rings. The molecule has 3 aromatic rings. The van der Waals surface area contributed by atoms with E-state index in [1.165, 1.54) is 0 Å². The minimum Gasteiger partial charge on any atom is -0.346 e. The van der Waals surface area contributed by atoms with E-state index in [1.807, 2.05) is 25.2 Å². The van der Waals surface area contributed by atoms with Crippen LogP contribution in [0.1, 0.15) is 41.0 Å². The molecule has 0 radical (unpaired) electrons. The predicted molar refractivity (Wildman–Crippen MR) is 113 cm³/mol. The second-order valence-electron chi connectivity index (χ2n) is 7.99. The predicted octanol–water partition coefficient (Wildman–Crippen LogP) is 2.16. The van der Waals surface area contributed by atoms with Crippen LogP contribution in [0.5, 0.6) is 0 Å². The van der Waals surface area contributed by atoms with Crippen LogP contribution in [0, 0.1) is 0 Å². The Hall–Kier alpha value is -3.29. The van der Waals surface area contributed by atoms with Crippen LogP contribution in [0.25, 0.3) is 11.3 Å². The van der Waals surface area contributed by atoms with Crippen LogP contribution in [0.4, 0.5) is 5.95 Å². The van der Waals surface area contributed by atoms with Crippen LogP contribution >= 0.6 is 0 Å². The number of aromatic nitrogens is 5. The van der Waals surface area contributed by atoms with Gasteiger partial charge >= 0.3 is 0 Å². The summed E-state index contributed by atoms with van der Waals surface area (Å²) in [6.07, 6.45) is 10.4. The summed E-state index contributed by atoms with van der Waals surface area (Å²) in [5.74, 6) is 0.663. The summed E-state index contributed by atoms with van der Waals surface area (Å²) < 4.78 is 1.75. The first-order chi connectivity index (χ1) is 14.7. The van der Waals surface area contributed by atoms with E-state index in [9.17, 15) is 4.79 Å². The van der Waals surface area contributed by atoms with Gasteiger partial charge in [-0.15, -0.1) is 0 Å². The highest BCUT2D eigenvalue weighted by Gasteiger charge is 2.29. The maximum absolute atomic E-state index is 13.0. The molecule has 1 atom stereocenters. The van der Waals surface area contributed by atoms with Crippen molar-refractivity contribution in [1.82, 2.24) is 30.0 Å². The normalized spacial score (nSPS) is 18.3. The van der Waals surface area contributed by atoms with Gasteiger partial charge in [0, 0.05) is 55.9 Å². The van der Waals surface area contributed by atoms with Crippen LogP contribution < -0.4 is 10.2 Å². The maximum atomic E-state index is 13.0. The van der Waals surface area contributed by atoms with Crippen molar-refractivity contribution in [3.63, 3.8) is 0 Å². The summed E-state index contributed by atoms with van der Waals surface area (Å²) in [5, 5.41) is 7.78. The molecular weight excluding hydrogens is 378 g/mol. The average molecular weight is 403 g/mol. The SMILES string of the molecule is Cn1nc2c(c1C(=O)NC1CCN(c3nccc(-c4cccnc4)n3)C1)CCCC2. The van der Waals surface area contributed by atoms with Crippen LogP contribution in [0.15, 0.2) is 36.8 Å². The molecule has 0 saturated carbocycles. The van der Waals surface area contributed by atoms with Crippen LogP contribution in [-0.2, 0) is 19.9 Å². The molecule has 1 unspecified atom stereocenters. The number of nitrogens with one attached hydrogen (secondary N) is 1. The highest BCUT2D eigenvalue weighted by molar-refractivity contribution is 5.94. The van der Waals surface area contributed by atoms with E-state index in [1.54, 1.807) is 23.3 Å². The van der Waals surface area contributed by atoms with E-state index < -0.39 is 0 Å². The molecule has 3 aromatic heterocycles. The molecule has 0 aromatic carbocycles. The topological polar surface area (TPSA) is 88.8 Å². The molecule has 8 nitrogen and oxygen atoms in total. The molecule has 1 aliphatic carbocycles. The van der Waals surface area contributed by atoms with Gasteiger partial charge in [0.2, 0.25) is 5.95 Å². The molecular formula is C22H25N7O. The smallest absolute Gasteiger partial charge is 0.270 e. The number of hydrogen-bond donors (Lipinski definition) is 1. The van der Waals surface area contributed by atoms with Crippen molar-refractivity contribution in [2.75, 3.05) is 18.0 Å². The first-order valence-electron chi connectivity index (χ1n) is 10.5. The summed E-state index contributed by atoms with van der Waals surface area (Å²) in [6.45, 7) is 1.51. The van der Waals surface area contributed by atoms with Gasteiger partial charge in [-0.1, -0.05) is 0 Å². The van der Waals surface area contributed by atoms with E-state index in [2.05, 4.69) is 25.3 Å². The number of anilines is 1. The lowest BCUT2D eigenvalue weighted by molar-refractivity contribution is 0.0929. The fourth-order valence-corrected chi connectivity index (χ4v) is 4.45. The summed E-state index contributed by atoms with van der Waals surface area (Å²) >= 11 is 0. The first-order valence-corrected chi connectivity index (χ1v) is 10.5. The van der Waals surface area contributed by atoms with Gasteiger partial charge in [-0.3, -0.25) is 14.5 Å². The van der Waals surface area contributed by atoms with E-state index in [0.29, 0.717) is 12.5 Å². The lowest BCUT2D eigenvalue weighted by Gasteiger charge is -2.18. The van der Waals surface area contributed by atoms with Crippen molar-refractivity contribution in [3.8, 4) is 11.3 Å². The first kappa shape index (κ1) is 18.7.